The van der Waals surface area contributed by atoms with Crippen molar-refractivity contribution >= 4 is 40.3 Å². The van der Waals surface area contributed by atoms with Crippen molar-refractivity contribution in [1.29, 1.82) is 0 Å². The van der Waals surface area contributed by atoms with Crippen molar-refractivity contribution in [3.8, 4) is 0 Å². The van der Waals surface area contributed by atoms with Gasteiger partial charge in [-0.15, -0.1) is 0 Å². The van der Waals surface area contributed by atoms with Gasteiger partial charge in [-0.05, 0) is 62.0 Å². The maximum absolute atomic E-state index is 15.3. The highest BCUT2D eigenvalue weighted by molar-refractivity contribution is 8.00. The van der Waals surface area contributed by atoms with Gasteiger partial charge in [0.25, 0.3) is 0 Å². The number of halogens is 2. The molecule has 0 bridgehead atoms. The number of rotatable bonds is 8. The van der Waals surface area contributed by atoms with Crippen LogP contribution in [0.3, 0.4) is 0 Å². The Hall–Kier alpha value is -3.46. The summed E-state index contributed by atoms with van der Waals surface area (Å²) in [5.41, 5.74) is 1.06. The molecule has 0 radical (unpaired) electrons. The summed E-state index contributed by atoms with van der Waals surface area (Å²) in [5.74, 6) is -2.27. The van der Waals surface area contributed by atoms with Crippen LogP contribution in [0.15, 0.2) is 53.8 Å². The molecular formula is C24H23F2N5OS. The molecular weight excluding hydrogens is 444 g/mol. The number of H-pyrrole nitrogens is 1. The molecule has 0 aliphatic carbocycles. The second-order valence-corrected chi connectivity index (χ2v) is 8.64. The topological polar surface area (TPSA) is 82.7 Å². The van der Waals surface area contributed by atoms with Gasteiger partial charge in [0.1, 0.15) is 23.6 Å². The van der Waals surface area contributed by atoms with Gasteiger partial charge in [-0.25, -0.2) is 18.7 Å². The molecule has 0 unspecified atom stereocenters. The highest BCUT2D eigenvalue weighted by Crippen LogP contribution is 2.31. The number of aromatic amines is 1. The van der Waals surface area contributed by atoms with Crippen molar-refractivity contribution in [1.82, 2.24) is 15.0 Å². The summed E-state index contributed by atoms with van der Waals surface area (Å²) in [4.78, 5) is 25.3. The molecule has 6 nitrogen and oxygen atoms in total. The molecule has 0 saturated heterocycles. The second kappa shape index (κ2) is 9.58. The number of fused-ring (bicyclic) bond motifs is 1. The Balaban J connectivity index is 1.67. The van der Waals surface area contributed by atoms with E-state index in [0.29, 0.717) is 16.9 Å². The van der Waals surface area contributed by atoms with E-state index < -0.39 is 23.0 Å². The van der Waals surface area contributed by atoms with Crippen LogP contribution in [0.4, 0.5) is 20.3 Å². The molecule has 33 heavy (non-hydrogen) atoms. The number of anilines is 2. The Morgan fingerprint density at radius 3 is 2.58 bits per heavy atom. The van der Waals surface area contributed by atoms with Crippen LogP contribution in [0, 0.1) is 11.6 Å². The zero-order valence-corrected chi connectivity index (χ0v) is 19.2. The minimum Gasteiger partial charge on any atom is -0.367 e. The fourth-order valence-electron chi connectivity index (χ4n) is 3.41. The quantitative estimate of drug-likeness (QED) is 0.219. The molecule has 0 fully saturated rings. The lowest BCUT2D eigenvalue weighted by molar-refractivity contribution is 0.103. The maximum atomic E-state index is 15.3. The predicted octanol–water partition coefficient (Wildman–Crippen LogP) is 5.97. The van der Waals surface area contributed by atoms with Gasteiger partial charge < -0.3 is 15.0 Å². The highest BCUT2D eigenvalue weighted by atomic mass is 32.2. The second-order valence-electron chi connectivity index (χ2n) is 7.76. The first-order valence-electron chi connectivity index (χ1n) is 10.5. The number of nitrogens with zero attached hydrogens (tertiary/aromatic N) is 2. The summed E-state index contributed by atoms with van der Waals surface area (Å²) >= 11 is 1.18. The van der Waals surface area contributed by atoms with Gasteiger partial charge >= 0.3 is 0 Å². The van der Waals surface area contributed by atoms with Gasteiger partial charge in [0.15, 0.2) is 5.82 Å². The van der Waals surface area contributed by atoms with Gasteiger partial charge in [-0.3, -0.25) is 4.79 Å². The first-order valence-corrected chi connectivity index (χ1v) is 11.3. The summed E-state index contributed by atoms with van der Waals surface area (Å²) in [7, 11) is 0. The van der Waals surface area contributed by atoms with Crippen molar-refractivity contribution in [3.63, 3.8) is 0 Å². The molecule has 2 aromatic heterocycles. The van der Waals surface area contributed by atoms with E-state index in [4.69, 9.17) is 0 Å². The molecule has 2 aromatic carbocycles. The van der Waals surface area contributed by atoms with Gasteiger partial charge in [-0.1, -0.05) is 19.1 Å². The van der Waals surface area contributed by atoms with Gasteiger partial charge in [-0.2, -0.15) is 0 Å². The van der Waals surface area contributed by atoms with Crippen LogP contribution in [0.2, 0.25) is 0 Å². The Kier molecular flexibility index (Phi) is 6.60. The lowest BCUT2D eigenvalue weighted by atomic mass is 10.0. The molecule has 0 saturated carbocycles. The monoisotopic (exact) mass is 467 g/mol. The maximum Gasteiger partial charge on any atom is 0.201 e. The van der Waals surface area contributed by atoms with Crippen LogP contribution in [0.5, 0.6) is 0 Å². The number of aryl methyl sites for hydroxylation is 1. The average molecular weight is 468 g/mol. The van der Waals surface area contributed by atoms with Crippen LogP contribution >= 0.6 is 11.9 Å². The molecule has 0 aliphatic heterocycles. The molecule has 0 aliphatic rings. The van der Waals surface area contributed by atoms with E-state index in [-0.39, 0.29) is 17.3 Å². The van der Waals surface area contributed by atoms with Crippen molar-refractivity contribution in [3.05, 3.63) is 77.2 Å². The highest BCUT2D eigenvalue weighted by Gasteiger charge is 2.26. The normalized spacial score (nSPS) is 11.2. The van der Waals surface area contributed by atoms with E-state index in [1.54, 1.807) is 0 Å². The first kappa shape index (κ1) is 22.7. The average Bonchev–Trinajstić information content (AvgIpc) is 3.24. The number of carbonyl (C=O) groups is 1. The molecule has 0 spiro atoms. The van der Waals surface area contributed by atoms with Gasteiger partial charge in [0.05, 0.1) is 22.2 Å². The smallest absolute Gasteiger partial charge is 0.201 e. The zero-order chi connectivity index (χ0) is 23.5. The molecule has 4 rings (SSSR count). The van der Waals surface area contributed by atoms with Crippen molar-refractivity contribution < 1.29 is 13.6 Å². The molecule has 4 aromatic rings. The van der Waals surface area contributed by atoms with E-state index in [9.17, 15) is 9.18 Å². The van der Waals surface area contributed by atoms with E-state index in [1.165, 1.54) is 36.1 Å². The first-order chi connectivity index (χ1) is 15.9. The zero-order valence-electron chi connectivity index (χ0n) is 18.4. The third kappa shape index (κ3) is 4.68. The molecule has 0 atom stereocenters. The van der Waals surface area contributed by atoms with Crippen LogP contribution in [0.25, 0.3) is 11.0 Å². The van der Waals surface area contributed by atoms with Crippen molar-refractivity contribution in [2.45, 2.75) is 38.1 Å². The lowest BCUT2D eigenvalue weighted by Gasteiger charge is -2.12. The predicted molar refractivity (Wildman–Crippen MR) is 128 cm³/mol. The summed E-state index contributed by atoms with van der Waals surface area (Å²) in [5, 5.41) is 3.53. The van der Waals surface area contributed by atoms with Crippen LogP contribution < -0.4 is 10.0 Å². The Morgan fingerprint density at radius 1 is 1.12 bits per heavy atom. The number of nitrogens with one attached hydrogen (secondary N) is 3. The molecule has 9 heteroatoms. The minimum absolute atomic E-state index is 0.0148. The summed E-state index contributed by atoms with van der Waals surface area (Å²) in [6, 6.07) is 10.2. The van der Waals surface area contributed by atoms with Crippen molar-refractivity contribution in [2.75, 3.05) is 10.0 Å². The van der Waals surface area contributed by atoms with E-state index >= 15 is 4.39 Å². The third-order valence-corrected chi connectivity index (χ3v) is 5.90. The van der Waals surface area contributed by atoms with Crippen LogP contribution in [-0.2, 0) is 6.42 Å². The Bertz CT molecular complexity index is 1300. The summed E-state index contributed by atoms with van der Waals surface area (Å²) < 4.78 is 32.9. The standard InChI is InChI=1S/C24H23F2N5OS/c1-4-14-5-7-15(8-6-14)33-31-18-10-9-17(25)20(21(18)26)22(32)16-11-27-23-19(16)24(29-12-28-23)30-13(2)3/h5-13,31H,4H2,1-3H3,(H2,27,28,29,30). The minimum atomic E-state index is -0.956. The summed E-state index contributed by atoms with van der Waals surface area (Å²) in [6.45, 7) is 5.91. The van der Waals surface area contributed by atoms with Crippen molar-refractivity contribution in [2.24, 2.45) is 0 Å². The Labute approximate surface area is 194 Å². The fraction of sp³-hybridized carbons (Fsp3) is 0.208. The van der Waals surface area contributed by atoms with Crippen LogP contribution in [-0.4, -0.2) is 26.8 Å². The number of aromatic nitrogens is 3. The van der Waals surface area contributed by atoms with E-state index in [1.807, 2.05) is 38.1 Å². The summed E-state index contributed by atoms with van der Waals surface area (Å²) in [6.07, 6.45) is 3.67. The van der Waals surface area contributed by atoms with Gasteiger partial charge in [0.2, 0.25) is 5.78 Å². The van der Waals surface area contributed by atoms with E-state index in [0.717, 1.165) is 17.4 Å². The third-order valence-electron chi connectivity index (χ3n) is 5.07. The number of ketones is 1. The SMILES string of the molecule is CCc1ccc(SNc2ccc(F)c(C(=O)c3c[nH]c4ncnc(NC(C)C)c34)c2F)cc1. The number of hydrogen-bond donors (Lipinski definition) is 3. The molecule has 3 N–H and O–H groups in total. The molecule has 0 amide bonds. The number of hydrogen-bond acceptors (Lipinski definition) is 6. The molecule has 170 valence electrons. The number of carbonyl (C=O) groups excluding carboxylic acids is 1. The largest absolute Gasteiger partial charge is 0.367 e. The Morgan fingerprint density at radius 2 is 1.88 bits per heavy atom. The fourth-order valence-corrected chi connectivity index (χ4v) is 4.06. The van der Waals surface area contributed by atoms with Crippen LogP contribution in [0.1, 0.15) is 42.3 Å². The van der Waals surface area contributed by atoms with Gasteiger partial charge in [0, 0.05) is 17.1 Å². The van der Waals surface area contributed by atoms with E-state index in [2.05, 4.69) is 31.9 Å². The number of benzene rings is 2. The lowest BCUT2D eigenvalue weighted by Crippen LogP contribution is -2.13. The molecule has 2 heterocycles.